The Hall–Kier alpha value is -2.80. The number of rotatable bonds is 5. The molecule has 6 nitrogen and oxygen atoms in total. The number of nitrogens with one attached hydrogen (secondary N) is 3. The van der Waals surface area contributed by atoms with Gasteiger partial charge in [-0.15, -0.1) is 11.3 Å². The van der Waals surface area contributed by atoms with Gasteiger partial charge in [-0.05, 0) is 48.4 Å². The van der Waals surface area contributed by atoms with Crippen molar-refractivity contribution < 1.29 is 9.59 Å². The van der Waals surface area contributed by atoms with Crippen molar-refractivity contribution in [3.05, 3.63) is 53.5 Å². The third-order valence-electron chi connectivity index (χ3n) is 5.27. The van der Waals surface area contributed by atoms with Gasteiger partial charge in [0.05, 0.1) is 5.00 Å². The van der Waals surface area contributed by atoms with Crippen LogP contribution in [0.3, 0.4) is 0 Å². The number of nitrogens with zero attached hydrogens (tertiary/aromatic N) is 1. The van der Waals surface area contributed by atoms with Crippen molar-refractivity contribution in [1.29, 1.82) is 0 Å². The van der Waals surface area contributed by atoms with Crippen LogP contribution in [0.25, 0.3) is 10.9 Å². The highest BCUT2D eigenvalue weighted by Crippen LogP contribution is 2.21. The number of anilines is 1. The minimum atomic E-state index is -0.0827. The van der Waals surface area contributed by atoms with Crippen molar-refractivity contribution in [1.82, 2.24) is 15.2 Å². The maximum atomic E-state index is 12.5. The van der Waals surface area contributed by atoms with Crippen LogP contribution in [0.1, 0.15) is 18.4 Å². The largest absolute Gasteiger partial charge is 0.361 e. The number of H-pyrrole nitrogens is 1. The highest BCUT2D eigenvalue weighted by Gasteiger charge is 2.27. The molecule has 2 aromatic heterocycles. The first kappa shape index (κ1) is 18.6. The van der Waals surface area contributed by atoms with E-state index in [-0.39, 0.29) is 17.9 Å². The SMILES string of the molecule is O=C(NCCc1c[nH]c2ccccc12)C1CCN(C(=O)Nc2cccs2)CC1. The first-order valence-electron chi connectivity index (χ1n) is 9.63. The third-order valence-corrected chi connectivity index (χ3v) is 6.06. The second-order valence-electron chi connectivity index (χ2n) is 7.07. The van der Waals surface area contributed by atoms with Gasteiger partial charge in [0.2, 0.25) is 5.91 Å². The number of thiophene rings is 1. The number of aromatic amines is 1. The molecule has 7 heteroatoms. The Bertz CT molecular complexity index is 942. The number of amides is 3. The van der Waals surface area contributed by atoms with Crippen LogP contribution in [-0.2, 0) is 11.2 Å². The lowest BCUT2D eigenvalue weighted by molar-refractivity contribution is -0.126. The van der Waals surface area contributed by atoms with E-state index in [2.05, 4.69) is 27.8 Å². The van der Waals surface area contributed by atoms with Crippen LogP contribution in [0.2, 0.25) is 0 Å². The topological polar surface area (TPSA) is 77.2 Å². The number of likely N-dealkylation sites (tertiary alicyclic amines) is 1. The lowest BCUT2D eigenvalue weighted by Crippen LogP contribution is -2.44. The minimum absolute atomic E-state index is 0.0197. The molecule has 3 amide bonds. The Labute approximate surface area is 167 Å². The fraction of sp³-hybridized carbons (Fsp3) is 0.333. The monoisotopic (exact) mass is 396 g/mol. The predicted octanol–water partition coefficient (Wildman–Crippen LogP) is 3.83. The fourth-order valence-corrected chi connectivity index (χ4v) is 4.29. The van der Waals surface area contributed by atoms with E-state index < -0.39 is 0 Å². The standard InChI is InChI=1S/C21H24N4O2S/c26-20(22-10-7-16-14-23-18-5-2-1-4-17(16)18)15-8-11-25(12-9-15)21(27)24-19-6-3-13-28-19/h1-6,13-15,23H,7-12H2,(H,22,26)(H,24,27). The van der Waals surface area contributed by atoms with E-state index >= 15 is 0 Å². The number of carbonyl (C=O) groups is 2. The Kier molecular flexibility index (Phi) is 5.62. The van der Waals surface area contributed by atoms with Gasteiger partial charge in [-0.1, -0.05) is 18.2 Å². The van der Waals surface area contributed by atoms with Crippen LogP contribution in [0.15, 0.2) is 48.0 Å². The van der Waals surface area contributed by atoms with Gasteiger partial charge in [0.1, 0.15) is 0 Å². The summed E-state index contributed by atoms with van der Waals surface area (Å²) in [7, 11) is 0. The second-order valence-corrected chi connectivity index (χ2v) is 8.02. The van der Waals surface area contributed by atoms with Crippen molar-refractivity contribution in [3.63, 3.8) is 0 Å². The molecule has 28 heavy (non-hydrogen) atoms. The smallest absolute Gasteiger partial charge is 0.322 e. The van der Waals surface area contributed by atoms with Gasteiger partial charge in [-0.2, -0.15) is 0 Å². The molecular formula is C21H24N4O2S. The Morgan fingerprint density at radius 2 is 1.96 bits per heavy atom. The summed E-state index contributed by atoms with van der Waals surface area (Å²) in [5.74, 6) is 0.0758. The molecule has 146 valence electrons. The first-order valence-corrected chi connectivity index (χ1v) is 10.5. The van der Waals surface area contributed by atoms with Crippen LogP contribution in [0.5, 0.6) is 0 Å². The molecule has 0 spiro atoms. The summed E-state index contributed by atoms with van der Waals surface area (Å²) in [5.41, 5.74) is 2.34. The molecule has 1 aliphatic heterocycles. The number of hydrogen-bond acceptors (Lipinski definition) is 3. The van der Waals surface area contributed by atoms with E-state index in [9.17, 15) is 9.59 Å². The summed E-state index contributed by atoms with van der Waals surface area (Å²) in [6, 6.07) is 11.9. The number of hydrogen-bond donors (Lipinski definition) is 3. The highest BCUT2D eigenvalue weighted by atomic mass is 32.1. The van der Waals surface area contributed by atoms with Gasteiger partial charge in [0.15, 0.2) is 0 Å². The summed E-state index contributed by atoms with van der Waals surface area (Å²) >= 11 is 1.50. The van der Waals surface area contributed by atoms with E-state index in [1.165, 1.54) is 22.3 Å². The van der Waals surface area contributed by atoms with E-state index in [1.807, 2.05) is 35.8 Å². The minimum Gasteiger partial charge on any atom is -0.361 e. The molecule has 1 aromatic carbocycles. The fourth-order valence-electron chi connectivity index (χ4n) is 3.68. The van der Waals surface area contributed by atoms with E-state index in [0.717, 1.165) is 16.9 Å². The molecular weight excluding hydrogens is 372 g/mol. The van der Waals surface area contributed by atoms with Crippen LogP contribution in [0.4, 0.5) is 9.80 Å². The van der Waals surface area contributed by atoms with Crippen molar-refractivity contribution >= 4 is 39.2 Å². The number of carbonyl (C=O) groups excluding carboxylic acids is 2. The molecule has 3 aromatic rings. The summed E-state index contributed by atoms with van der Waals surface area (Å²) < 4.78 is 0. The average molecular weight is 397 g/mol. The van der Waals surface area contributed by atoms with Crippen LogP contribution in [-0.4, -0.2) is 41.5 Å². The Morgan fingerprint density at radius 1 is 1.14 bits per heavy atom. The molecule has 0 saturated carbocycles. The Balaban J connectivity index is 1.21. The van der Waals surface area contributed by atoms with E-state index in [1.54, 1.807) is 4.90 Å². The first-order chi connectivity index (χ1) is 13.7. The molecule has 0 unspecified atom stereocenters. The predicted molar refractivity (Wildman–Crippen MR) is 113 cm³/mol. The highest BCUT2D eigenvalue weighted by molar-refractivity contribution is 7.14. The van der Waals surface area contributed by atoms with Crippen molar-refractivity contribution in [2.75, 3.05) is 25.0 Å². The van der Waals surface area contributed by atoms with E-state index in [4.69, 9.17) is 0 Å². The lowest BCUT2D eigenvalue weighted by Gasteiger charge is -2.31. The van der Waals surface area contributed by atoms with Gasteiger partial charge in [0.25, 0.3) is 0 Å². The maximum Gasteiger partial charge on any atom is 0.322 e. The molecule has 0 radical (unpaired) electrons. The van der Waals surface area contributed by atoms with Gasteiger partial charge >= 0.3 is 6.03 Å². The molecule has 0 bridgehead atoms. The van der Waals surface area contributed by atoms with Gasteiger partial charge in [0, 0.05) is 42.7 Å². The average Bonchev–Trinajstić information content (AvgIpc) is 3.38. The zero-order valence-electron chi connectivity index (χ0n) is 15.6. The molecule has 1 fully saturated rings. The third kappa shape index (κ3) is 4.20. The molecule has 4 rings (SSSR count). The Morgan fingerprint density at radius 3 is 2.75 bits per heavy atom. The van der Waals surface area contributed by atoms with Crippen molar-refractivity contribution in [2.45, 2.75) is 19.3 Å². The van der Waals surface area contributed by atoms with Crippen LogP contribution in [0, 0.1) is 5.92 Å². The molecule has 1 saturated heterocycles. The zero-order valence-corrected chi connectivity index (χ0v) is 16.4. The molecule has 3 heterocycles. The molecule has 1 aliphatic rings. The summed E-state index contributed by atoms with van der Waals surface area (Å²) in [4.78, 5) is 29.8. The number of fused-ring (bicyclic) bond motifs is 1. The van der Waals surface area contributed by atoms with Crippen LogP contribution < -0.4 is 10.6 Å². The van der Waals surface area contributed by atoms with E-state index in [0.29, 0.717) is 32.5 Å². The maximum absolute atomic E-state index is 12.5. The number of para-hydroxylation sites is 1. The molecule has 0 atom stereocenters. The van der Waals surface area contributed by atoms with Crippen molar-refractivity contribution in [2.24, 2.45) is 5.92 Å². The van der Waals surface area contributed by atoms with Gasteiger partial charge in [-0.25, -0.2) is 4.79 Å². The summed E-state index contributed by atoms with van der Waals surface area (Å²) in [6.45, 7) is 1.84. The van der Waals surface area contributed by atoms with Gasteiger partial charge < -0.3 is 15.2 Å². The van der Waals surface area contributed by atoms with Crippen LogP contribution >= 0.6 is 11.3 Å². The quantitative estimate of drug-likeness (QED) is 0.613. The lowest BCUT2D eigenvalue weighted by atomic mass is 9.96. The normalized spacial score (nSPS) is 14.9. The zero-order chi connectivity index (χ0) is 19.3. The number of benzene rings is 1. The second kappa shape index (κ2) is 8.48. The summed E-state index contributed by atoms with van der Waals surface area (Å²) in [6.07, 6.45) is 4.23. The van der Waals surface area contributed by atoms with Gasteiger partial charge in [-0.3, -0.25) is 10.1 Å². The number of urea groups is 1. The summed E-state index contributed by atoms with van der Waals surface area (Å²) in [5, 5.41) is 9.96. The van der Waals surface area contributed by atoms with Crippen molar-refractivity contribution in [3.8, 4) is 0 Å². The number of piperidine rings is 1. The molecule has 3 N–H and O–H groups in total. The molecule has 0 aliphatic carbocycles. The number of aromatic nitrogens is 1.